The zero-order valence-electron chi connectivity index (χ0n) is 12.2. The fraction of sp³-hybridized carbons (Fsp3) is 0.143. The Morgan fingerprint density at radius 3 is 2.74 bits per heavy atom. The zero-order valence-corrected chi connectivity index (χ0v) is 14.6. The van der Waals surface area contributed by atoms with Crippen molar-refractivity contribution in [2.24, 2.45) is 0 Å². The van der Waals surface area contributed by atoms with Crippen LogP contribution in [-0.2, 0) is 10.0 Å². The zero-order chi connectivity index (χ0) is 16.8. The number of hydrogen-bond acceptors (Lipinski definition) is 5. The molecule has 2 heterocycles. The molecule has 0 aliphatic heterocycles. The molecule has 0 fully saturated rings. The van der Waals surface area contributed by atoms with Gasteiger partial charge in [-0.2, -0.15) is 0 Å². The average molecular weight is 370 g/mol. The van der Waals surface area contributed by atoms with Gasteiger partial charge >= 0.3 is 0 Å². The molecule has 120 valence electrons. The first-order valence-corrected chi connectivity index (χ1v) is 9.29. The maximum absolute atomic E-state index is 12.6. The molecule has 3 rings (SSSR count). The van der Waals surface area contributed by atoms with Crippen LogP contribution in [0, 0.1) is 13.8 Å². The lowest BCUT2D eigenvalue weighted by molar-refractivity contribution is 0.598. The van der Waals surface area contributed by atoms with Crippen molar-refractivity contribution >= 4 is 43.6 Å². The molecule has 6 nitrogen and oxygen atoms in total. The number of anilines is 1. The van der Waals surface area contributed by atoms with Gasteiger partial charge in [-0.05, 0) is 31.5 Å². The van der Waals surface area contributed by atoms with Crippen molar-refractivity contribution in [1.82, 2.24) is 9.38 Å². The van der Waals surface area contributed by atoms with Crippen LogP contribution in [0.1, 0.15) is 11.3 Å². The fourth-order valence-electron chi connectivity index (χ4n) is 2.14. The van der Waals surface area contributed by atoms with Gasteiger partial charge in [0.1, 0.15) is 0 Å². The summed E-state index contributed by atoms with van der Waals surface area (Å²) >= 11 is 7.26. The standard InChI is InChI=1S/C14H12ClN3O3S2/c1-8-3-4-10(7-11(8)15)17-23(20,21)12-9(2)16-14-18(13(12)19)5-6-22-14/h3-7,17H,1-2H3. The van der Waals surface area contributed by atoms with Gasteiger partial charge in [-0.25, -0.2) is 13.4 Å². The summed E-state index contributed by atoms with van der Waals surface area (Å²) < 4.78 is 28.8. The third kappa shape index (κ3) is 2.85. The minimum Gasteiger partial charge on any atom is -0.279 e. The van der Waals surface area contributed by atoms with Crippen molar-refractivity contribution in [3.8, 4) is 0 Å². The summed E-state index contributed by atoms with van der Waals surface area (Å²) in [5.74, 6) is 0. The number of nitrogens with one attached hydrogen (secondary N) is 1. The van der Waals surface area contributed by atoms with E-state index in [0.29, 0.717) is 9.98 Å². The molecule has 0 amide bonds. The highest BCUT2D eigenvalue weighted by Gasteiger charge is 2.24. The van der Waals surface area contributed by atoms with Gasteiger partial charge < -0.3 is 0 Å². The lowest BCUT2D eigenvalue weighted by Gasteiger charge is -2.10. The molecule has 0 aliphatic rings. The number of rotatable bonds is 3. The van der Waals surface area contributed by atoms with Crippen LogP contribution in [0.15, 0.2) is 39.5 Å². The van der Waals surface area contributed by atoms with E-state index >= 15 is 0 Å². The SMILES string of the molecule is Cc1ccc(NS(=O)(=O)c2c(C)nc3sccn3c2=O)cc1Cl. The number of thiazole rings is 1. The quantitative estimate of drug-likeness (QED) is 0.769. The molecule has 1 aromatic carbocycles. The topological polar surface area (TPSA) is 80.5 Å². The number of aryl methyl sites for hydroxylation is 2. The number of aromatic nitrogens is 2. The lowest BCUT2D eigenvalue weighted by atomic mass is 10.2. The van der Waals surface area contributed by atoms with E-state index in [2.05, 4.69) is 9.71 Å². The lowest BCUT2D eigenvalue weighted by Crippen LogP contribution is -2.27. The van der Waals surface area contributed by atoms with Gasteiger partial charge in [0.25, 0.3) is 15.6 Å². The summed E-state index contributed by atoms with van der Waals surface area (Å²) in [6.45, 7) is 3.31. The third-order valence-corrected chi connectivity index (χ3v) is 5.96. The molecule has 0 saturated carbocycles. The average Bonchev–Trinajstić information content (AvgIpc) is 2.90. The van der Waals surface area contributed by atoms with E-state index in [9.17, 15) is 13.2 Å². The van der Waals surface area contributed by atoms with Crippen molar-refractivity contribution in [2.75, 3.05) is 4.72 Å². The highest BCUT2D eigenvalue weighted by Crippen LogP contribution is 2.22. The van der Waals surface area contributed by atoms with Gasteiger partial charge in [-0.1, -0.05) is 17.7 Å². The Balaban J connectivity index is 2.12. The van der Waals surface area contributed by atoms with Crippen LogP contribution >= 0.6 is 22.9 Å². The van der Waals surface area contributed by atoms with Crippen LogP contribution in [-0.4, -0.2) is 17.8 Å². The first kappa shape index (κ1) is 16.0. The van der Waals surface area contributed by atoms with E-state index in [0.717, 1.165) is 5.56 Å². The Hall–Kier alpha value is -1.90. The largest absolute Gasteiger partial charge is 0.279 e. The molecule has 3 aromatic rings. The number of hydrogen-bond donors (Lipinski definition) is 1. The number of fused-ring (bicyclic) bond motifs is 1. The predicted octanol–water partition coefficient (Wildman–Crippen LogP) is 2.83. The molecule has 2 aromatic heterocycles. The summed E-state index contributed by atoms with van der Waals surface area (Å²) in [5, 5.41) is 2.11. The molecule has 1 N–H and O–H groups in total. The van der Waals surface area contributed by atoms with Gasteiger partial charge in [0.2, 0.25) is 0 Å². The minimum absolute atomic E-state index is 0.156. The summed E-state index contributed by atoms with van der Waals surface area (Å²) in [6, 6.07) is 4.78. The van der Waals surface area contributed by atoms with E-state index in [1.807, 2.05) is 6.92 Å². The van der Waals surface area contributed by atoms with Crippen molar-refractivity contribution in [3.05, 3.63) is 56.4 Å². The summed E-state index contributed by atoms with van der Waals surface area (Å²) in [7, 11) is -4.07. The Morgan fingerprint density at radius 1 is 1.30 bits per heavy atom. The highest BCUT2D eigenvalue weighted by atomic mass is 35.5. The van der Waals surface area contributed by atoms with E-state index in [-0.39, 0.29) is 16.3 Å². The maximum Gasteiger partial charge on any atom is 0.279 e. The second-order valence-corrected chi connectivity index (χ2v) is 7.86. The predicted molar refractivity (Wildman–Crippen MR) is 91.1 cm³/mol. The summed E-state index contributed by atoms with van der Waals surface area (Å²) in [5.41, 5.74) is 0.643. The molecule has 0 radical (unpaired) electrons. The number of halogens is 1. The number of benzene rings is 1. The second kappa shape index (κ2) is 5.63. The molecule has 0 unspecified atom stereocenters. The Kier molecular flexibility index (Phi) is 3.91. The van der Waals surface area contributed by atoms with E-state index in [1.54, 1.807) is 17.5 Å². The monoisotopic (exact) mass is 369 g/mol. The van der Waals surface area contributed by atoms with Gasteiger partial charge in [-0.15, -0.1) is 11.3 Å². The van der Waals surface area contributed by atoms with Crippen molar-refractivity contribution in [2.45, 2.75) is 18.7 Å². The van der Waals surface area contributed by atoms with Crippen LogP contribution in [0.4, 0.5) is 5.69 Å². The molecule has 23 heavy (non-hydrogen) atoms. The highest BCUT2D eigenvalue weighted by molar-refractivity contribution is 7.92. The van der Waals surface area contributed by atoms with Gasteiger partial charge in [-0.3, -0.25) is 13.9 Å². The van der Waals surface area contributed by atoms with Crippen LogP contribution < -0.4 is 10.3 Å². The Morgan fingerprint density at radius 2 is 2.04 bits per heavy atom. The number of nitrogens with zero attached hydrogens (tertiary/aromatic N) is 2. The molecule has 0 aliphatic carbocycles. The fourth-order valence-corrected chi connectivity index (χ4v) is 4.37. The molecule has 0 bridgehead atoms. The smallest absolute Gasteiger partial charge is 0.279 e. The van der Waals surface area contributed by atoms with Crippen LogP contribution in [0.2, 0.25) is 5.02 Å². The molecule has 0 spiro atoms. The van der Waals surface area contributed by atoms with Gasteiger partial charge in [0.05, 0.1) is 11.4 Å². The van der Waals surface area contributed by atoms with Crippen LogP contribution in [0.25, 0.3) is 4.96 Å². The molecular formula is C14H12ClN3O3S2. The minimum atomic E-state index is -4.07. The third-order valence-electron chi connectivity index (χ3n) is 3.29. The Bertz CT molecular complexity index is 1070. The van der Waals surface area contributed by atoms with E-state index in [4.69, 9.17) is 11.6 Å². The number of sulfonamides is 1. The van der Waals surface area contributed by atoms with Gasteiger partial charge in [0.15, 0.2) is 9.86 Å². The normalized spacial score (nSPS) is 11.8. The molecule has 0 atom stereocenters. The molecule has 9 heteroatoms. The summed E-state index contributed by atoms with van der Waals surface area (Å²) in [6.07, 6.45) is 1.50. The van der Waals surface area contributed by atoms with Gasteiger partial charge in [0, 0.05) is 16.6 Å². The maximum atomic E-state index is 12.6. The molecular weight excluding hydrogens is 358 g/mol. The van der Waals surface area contributed by atoms with Crippen molar-refractivity contribution in [1.29, 1.82) is 0 Å². The van der Waals surface area contributed by atoms with Crippen molar-refractivity contribution < 1.29 is 8.42 Å². The van der Waals surface area contributed by atoms with Crippen LogP contribution in [0.3, 0.4) is 0 Å². The Labute approximate surface area is 141 Å². The van der Waals surface area contributed by atoms with E-state index in [1.165, 1.54) is 34.9 Å². The van der Waals surface area contributed by atoms with Crippen molar-refractivity contribution in [3.63, 3.8) is 0 Å². The summed E-state index contributed by atoms with van der Waals surface area (Å²) in [4.78, 5) is 16.7. The molecule has 0 saturated heterocycles. The first-order valence-electron chi connectivity index (χ1n) is 6.55. The first-order chi connectivity index (χ1) is 10.8. The van der Waals surface area contributed by atoms with E-state index < -0.39 is 15.6 Å². The van der Waals surface area contributed by atoms with Crippen LogP contribution in [0.5, 0.6) is 0 Å². The second-order valence-electron chi connectivity index (χ2n) is 4.96.